The molecule has 4 aliphatic rings. The highest BCUT2D eigenvalue weighted by atomic mass is 16.5. The van der Waals surface area contributed by atoms with E-state index < -0.39 is 0 Å². The normalized spacial score (nSPS) is 33.8. The Kier molecular flexibility index (Phi) is 17.7. The van der Waals surface area contributed by atoms with E-state index in [2.05, 4.69) is 39.8 Å². The molecular weight excluding hydrogens is 544 g/mol. The van der Waals surface area contributed by atoms with Crippen LogP contribution < -0.4 is 0 Å². The molecule has 0 aliphatic heterocycles. The maximum atomic E-state index is 6.57. The predicted octanol–water partition coefficient (Wildman–Crippen LogP) is 14.1. The van der Waals surface area contributed by atoms with Gasteiger partial charge in [-0.05, 0) is 150 Å². The van der Waals surface area contributed by atoms with Gasteiger partial charge in [0.1, 0.15) is 0 Å². The summed E-state index contributed by atoms with van der Waals surface area (Å²) in [6.45, 7) is 11.2. The van der Waals surface area contributed by atoms with Crippen LogP contribution in [0.15, 0.2) is 23.3 Å². The van der Waals surface area contributed by atoms with Gasteiger partial charge in [-0.1, -0.05) is 115 Å². The van der Waals surface area contributed by atoms with Gasteiger partial charge in [0, 0.05) is 0 Å². The Balaban J connectivity index is 1.36. The second-order valence-electron chi connectivity index (χ2n) is 16.7. The van der Waals surface area contributed by atoms with E-state index in [1.54, 1.807) is 0 Å². The molecule has 4 fully saturated rings. The largest absolute Gasteiger partial charge is 0.373 e. The smallest absolute Gasteiger partial charge is 0.0654 e. The fourth-order valence-electron chi connectivity index (χ4n) is 10.7. The summed E-state index contributed by atoms with van der Waals surface area (Å²) >= 11 is 0. The highest BCUT2D eigenvalue weighted by Crippen LogP contribution is 2.45. The maximum absolute atomic E-state index is 6.57. The first-order chi connectivity index (χ1) is 22.1. The molecule has 4 saturated carbocycles. The van der Waals surface area contributed by atoms with Gasteiger partial charge < -0.3 is 4.74 Å². The highest BCUT2D eigenvalue weighted by molar-refractivity contribution is 5.15. The van der Waals surface area contributed by atoms with Gasteiger partial charge in [-0.2, -0.15) is 0 Å². The summed E-state index contributed by atoms with van der Waals surface area (Å²) in [6, 6.07) is 0. The van der Waals surface area contributed by atoms with Crippen LogP contribution in [0.2, 0.25) is 0 Å². The Hall–Kier alpha value is -0.560. The summed E-state index contributed by atoms with van der Waals surface area (Å²) in [7, 11) is 0. The number of hydrogen-bond acceptors (Lipinski definition) is 1. The standard InChI is InChI=1S/C44H78O/c1-5-9-13-37-19-27-41(28-20-37)43(39-23-15-35(11-7-3)16-24-39)31-33-45-34-32-44(40-25-17-36(12-8-4)18-26-40)42-29-21-38(22-30-42)14-10-6-2/h31-32,35-42H,5-30,33-34H2,1-4H3/t35-,36-,37-,38-,39-,40-,41-,42-. The molecule has 4 rings (SSSR count). The third-order valence-electron chi connectivity index (χ3n) is 13.5. The average molecular weight is 623 g/mol. The van der Waals surface area contributed by atoms with Crippen LogP contribution in [0.4, 0.5) is 0 Å². The summed E-state index contributed by atoms with van der Waals surface area (Å²) in [5.74, 6) is 7.35. The van der Waals surface area contributed by atoms with Crippen molar-refractivity contribution in [3.8, 4) is 0 Å². The zero-order valence-electron chi connectivity index (χ0n) is 31.0. The second kappa shape index (κ2) is 21.4. The van der Waals surface area contributed by atoms with E-state index in [1.807, 2.05) is 11.1 Å². The molecule has 0 saturated heterocycles. The maximum Gasteiger partial charge on any atom is 0.0654 e. The van der Waals surface area contributed by atoms with Crippen molar-refractivity contribution in [3.63, 3.8) is 0 Å². The van der Waals surface area contributed by atoms with E-state index >= 15 is 0 Å². The summed E-state index contributed by atoms with van der Waals surface area (Å²) in [5.41, 5.74) is 3.67. The van der Waals surface area contributed by atoms with Gasteiger partial charge in [0.05, 0.1) is 13.2 Å². The molecular formula is C44H78O. The Morgan fingerprint density at radius 2 is 0.689 bits per heavy atom. The van der Waals surface area contributed by atoms with Crippen LogP contribution in [0.25, 0.3) is 0 Å². The highest BCUT2D eigenvalue weighted by Gasteiger charge is 2.32. The predicted molar refractivity (Wildman–Crippen MR) is 198 cm³/mol. The van der Waals surface area contributed by atoms with Crippen molar-refractivity contribution in [3.05, 3.63) is 23.3 Å². The van der Waals surface area contributed by atoms with Crippen molar-refractivity contribution in [2.45, 2.75) is 195 Å². The van der Waals surface area contributed by atoms with Crippen LogP contribution in [-0.2, 0) is 4.74 Å². The van der Waals surface area contributed by atoms with Crippen LogP contribution in [0.1, 0.15) is 195 Å². The number of ether oxygens (including phenoxy) is 1. The second-order valence-corrected chi connectivity index (χ2v) is 16.7. The van der Waals surface area contributed by atoms with E-state index in [0.717, 1.165) is 60.6 Å². The first-order valence-electron chi connectivity index (χ1n) is 21.1. The minimum absolute atomic E-state index is 0.839. The fourth-order valence-corrected chi connectivity index (χ4v) is 10.7. The van der Waals surface area contributed by atoms with Crippen LogP contribution in [0, 0.1) is 47.3 Å². The molecule has 0 radical (unpaired) electrons. The molecule has 0 unspecified atom stereocenters. The lowest BCUT2D eigenvalue weighted by molar-refractivity contribution is 0.184. The van der Waals surface area contributed by atoms with E-state index in [9.17, 15) is 0 Å². The molecule has 0 aromatic carbocycles. The third kappa shape index (κ3) is 12.4. The molecule has 0 atom stereocenters. The van der Waals surface area contributed by atoms with Crippen molar-refractivity contribution in [2.75, 3.05) is 13.2 Å². The number of unbranched alkanes of at least 4 members (excludes halogenated alkanes) is 2. The van der Waals surface area contributed by atoms with Gasteiger partial charge in [0.15, 0.2) is 0 Å². The molecule has 45 heavy (non-hydrogen) atoms. The number of allylic oxidation sites excluding steroid dienone is 2. The summed E-state index contributed by atoms with van der Waals surface area (Å²) < 4.78 is 6.57. The van der Waals surface area contributed by atoms with Crippen molar-refractivity contribution in [1.82, 2.24) is 0 Å². The zero-order valence-corrected chi connectivity index (χ0v) is 31.0. The molecule has 4 aliphatic carbocycles. The molecule has 0 amide bonds. The molecule has 0 spiro atoms. The first-order valence-corrected chi connectivity index (χ1v) is 21.1. The Bertz CT molecular complexity index is 738. The number of rotatable bonds is 18. The lowest BCUT2D eigenvalue weighted by Gasteiger charge is -2.37. The van der Waals surface area contributed by atoms with Crippen LogP contribution in [0.3, 0.4) is 0 Å². The van der Waals surface area contributed by atoms with Gasteiger partial charge in [-0.15, -0.1) is 0 Å². The molecule has 0 heterocycles. The van der Waals surface area contributed by atoms with Crippen molar-refractivity contribution >= 4 is 0 Å². The molecule has 0 N–H and O–H groups in total. The first kappa shape index (κ1) is 37.3. The van der Waals surface area contributed by atoms with Gasteiger partial charge in [-0.3, -0.25) is 0 Å². The van der Waals surface area contributed by atoms with E-state index in [0.29, 0.717) is 0 Å². The van der Waals surface area contributed by atoms with Crippen LogP contribution in [0.5, 0.6) is 0 Å². The van der Waals surface area contributed by atoms with Gasteiger partial charge in [0.2, 0.25) is 0 Å². The quantitative estimate of drug-likeness (QED) is 0.109. The van der Waals surface area contributed by atoms with Crippen LogP contribution >= 0.6 is 0 Å². The van der Waals surface area contributed by atoms with Crippen molar-refractivity contribution < 1.29 is 4.74 Å². The van der Waals surface area contributed by atoms with Crippen LogP contribution in [-0.4, -0.2) is 13.2 Å². The molecule has 0 aromatic heterocycles. The summed E-state index contributed by atoms with van der Waals surface area (Å²) in [4.78, 5) is 0. The summed E-state index contributed by atoms with van der Waals surface area (Å²) in [6.07, 6.45) is 42.7. The molecule has 1 nitrogen and oxygen atoms in total. The topological polar surface area (TPSA) is 9.23 Å². The Labute approximate surface area is 282 Å². The zero-order chi connectivity index (χ0) is 31.7. The minimum atomic E-state index is 0.839. The molecule has 260 valence electrons. The fraction of sp³-hybridized carbons (Fsp3) is 0.909. The van der Waals surface area contributed by atoms with Crippen molar-refractivity contribution in [1.29, 1.82) is 0 Å². The molecule has 0 aromatic rings. The minimum Gasteiger partial charge on any atom is -0.373 e. The SMILES string of the molecule is CCCC[C@H]1CC[C@H](C(=CCOCC=C([C@H]2CC[C@H](CCC)CC2)[C@H]2CC[C@H](CCCC)CC2)[C@H]2CC[C@H](CCC)CC2)CC1. The lowest BCUT2D eigenvalue weighted by atomic mass is 9.69. The monoisotopic (exact) mass is 623 g/mol. The van der Waals surface area contributed by atoms with Crippen molar-refractivity contribution in [2.24, 2.45) is 47.3 Å². The van der Waals surface area contributed by atoms with E-state index in [4.69, 9.17) is 4.74 Å². The average Bonchev–Trinajstić information content (AvgIpc) is 3.08. The van der Waals surface area contributed by atoms with Gasteiger partial charge in [-0.25, -0.2) is 0 Å². The molecule has 1 heteroatoms. The third-order valence-corrected chi connectivity index (χ3v) is 13.5. The Morgan fingerprint density at radius 3 is 0.956 bits per heavy atom. The molecule has 0 bridgehead atoms. The lowest BCUT2D eigenvalue weighted by Crippen LogP contribution is -2.24. The Morgan fingerprint density at radius 1 is 0.400 bits per heavy atom. The van der Waals surface area contributed by atoms with Gasteiger partial charge >= 0.3 is 0 Å². The van der Waals surface area contributed by atoms with Gasteiger partial charge in [0.25, 0.3) is 0 Å². The number of hydrogen-bond donors (Lipinski definition) is 0. The van der Waals surface area contributed by atoms with E-state index in [-0.39, 0.29) is 0 Å². The van der Waals surface area contributed by atoms with E-state index in [1.165, 1.54) is 167 Å². The summed E-state index contributed by atoms with van der Waals surface area (Å²) in [5, 5.41) is 0.